The van der Waals surface area contributed by atoms with Crippen LogP contribution in [0.25, 0.3) is 11.1 Å². The van der Waals surface area contributed by atoms with Crippen LogP contribution in [0.2, 0.25) is 0 Å². The van der Waals surface area contributed by atoms with Crippen molar-refractivity contribution in [2.45, 2.75) is 37.6 Å². The first-order chi connectivity index (χ1) is 13.1. The van der Waals surface area contributed by atoms with E-state index in [9.17, 15) is 13.6 Å². The summed E-state index contributed by atoms with van der Waals surface area (Å²) < 4.78 is 28.5. The summed E-state index contributed by atoms with van der Waals surface area (Å²) in [5, 5.41) is 0. The minimum absolute atomic E-state index is 0.0700. The monoisotopic (exact) mass is 371 g/mol. The van der Waals surface area contributed by atoms with Crippen molar-refractivity contribution in [2.24, 2.45) is 11.7 Å². The van der Waals surface area contributed by atoms with Crippen LogP contribution in [-0.4, -0.2) is 34.9 Å². The first-order valence-corrected chi connectivity index (χ1v) is 9.50. The number of carbonyl (C=O) groups excluding carboxylic acids is 1. The molecule has 6 heteroatoms. The van der Waals surface area contributed by atoms with Crippen LogP contribution in [0.1, 0.15) is 37.3 Å². The first-order valence-electron chi connectivity index (χ1n) is 9.50. The lowest BCUT2D eigenvalue weighted by Gasteiger charge is -2.20. The van der Waals surface area contributed by atoms with Crippen LogP contribution < -0.4 is 5.73 Å². The van der Waals surface area contributed by atoms with Gasteiger partial charge in [0.25, 0.3) is 0 Å². The summed E-state index contributed by atoms with van der Waals surface area (Å²) >= 11 is 0. The number of pyridine rings is 1. The van der Waals surface area contributed by atoms with E-state index in [4.69, 9.17) is 5.73 Å². The number of halogens is 2. The summed E-state index contributed by atoms with van der Waals surface area (Å²) in [6.45, 7) is 1.41. The van der Waals surface area contributed by atoms with Gasteiger partial charge >= 0.3 is 0 Å². The molecule has 4 rings (SSSR count). The third-order valence-electron chi connectivity index (χ3n) is 5.61. The maximum Gasteiger partial charge on any atom is 0.226 e. The quantitative estimate of drug-likeness (QED) is 0.899. The summed E-state index contributed by atoms with van der Waals surface area (Å²) in [5.74, 6) is -1.38. The second-order valence-corrected chi connectivity index (χ2v) is 7.50. The second kappa shape index (κ2) is 7.35. The summed E-state index contributed by atoms with van der Waals surface area (Å²) in [6.07, 6.45) is 4.96. The highest BCUT2D eigenvalue weighted by Crippen LogP contribution is 2.50. The number of amides is 1. The van der Waals surface area contributed by atoms with Gasteiger partial charge in [-0.2, -0.15) is 0 Å². The van der Waals surface area contributed by atoms with Crippen molar-refractivity contribution in [3.63, 3.8) is 0 Å². The molecular weight excluding hydrogens is 348 g/mol. The van der Waals surface area contributed by atoms with E-state index in [0.29, 0.717) is 24.2 Å². The summed E-state index contributed by atoms with van der Waals surface area (Å²) in [5.41, 5.74) is 6.97. The largest absolute Gasteiger partial charge is 0.342 e. The molecule has 1 aromatic carbocycles. The number of nitrogens with two attached hydrogens (primary N) is 1. The van der Waals surface area contributed by atoms with Crippen LogP contribution in [0.5, 0.6) is 0 Å². The number of hydrogen-bond donors (Lipinski definition) is 1. The molecule has 2 aromatic rings. The lowest BCUT2D eigenvalue weighted by atomic mass is 9.99. The van der Waals surface area contributed by atoms with Gasteiger partial charge in [-0.25, -0.2) is 8.78 Å². The average Bonchev–Trinajstić information content (AvgIpc) is 3.46. The van der Waals surface area contributed by atoms with Gasteiger partial charge in [-0.15, -0.1) is 0 Å². The van der Waals surface area contributed by atoms with Crippen molar-refractivity contribution in [2.75, 3.05) is 13.1 Å². The van der Waals surface area contributed by atoms with Crippen molar-refractivity contribution in [3.8, 4) is 11.1 Å². The van der Waals surface area contributed by atoms with Gasteiger partial charge in [-0.3, -0.25) is 9.78 Å². The smallest absolute Gasteiger partial charge is 0.226 e. The van der Waals surface area contributed by atoms with E-state index in [1.807, 2.05) is 4.90 Å². The van der Waals surface area contributed by atoms with Crippen LogP contribution >= 0.6 is 0 Å². The molecule has 2 N–H and O–H groups in total. The van der Waals surface area contributed by atoms with Crippen LogP contribution in [0.15, 0.2) is 36.5 Å². The molecule has 2 aliphatic rings. The van der Waals surface area contributed by atoms with Gasteiger partial charge < -0.3 is 10.6 Å². The van der Waals surface area contributed by atoms with Crippen LogP contribution in [0.3, 0.4) is 0 Å². The highest BCUT2D eigenvalue weighted by molar-refractivity contribution is 5.84. The van der Waals surface area contributed by atoms with Gasteiger partial charge in [0.15, 0.2) is 0 Å². The molecule has 1 saturated carbocycles. The third-order valence-corrected chi connectivity index (χ3v) is 5.61. The molecule has 142 valence electrons. The van der Waals surface area contributed by atoms with Crippen molar-refractivity contribution < 1.29 is 13.6 Å². The number of rotatable bonds is 3. The van der Waals surface area contributed by atoms with Gasteiger partial charge in [0.2, 0.25) is 5.91 Å². The zero-order chi connectivity index (χ0) is 19.0. The Labute approximate surface area is 157 Å². The van der Waals surface area contributed by atoms with Crippen molar-refractivity contribution in [3.05, 3.63) is 53.9 Å². The third kappa shape index (κ3) is 3.58. The first kappa shape index (κ1) is 18.0. The normalized spacial score (nSPS) is 25.1. The van der Waals surface area contributed by atoms with Gasteiger partial charge in [-0.05, 0) is 43.9 Å². The van der Waals surface area contributed by atoms with E-state index in [1.54, 1.807) is 18.3 Å². The minimum Gasteiger partial charge on any atom is -0.342 e. The Morgan fingerprint density at radius 3 is 2.67 bits per heavy atom. The molecule has 2 heterocycles. The van der Waals surface area contributed by atoms with Crippen molar-refractivity contribution >= 4 is 5.91 Å². The number of nitrogens with zero attached hydrogens (tertiary/aromatic N) is 2. The Hall–Kier alpha value is -2.34. The molecule has 3 unspecified atom stereocenters. The molecule has 1 aromatic heterocycles. The van der Waals surface area contributed by atoms with E-state index >= 15 is 0 Å². The van der Waals surface area contributed by atoms with E-state index in [1.165, 1.54) is 18.2 Å². The predicted molar refractivity (Wildman–Crippen MR) is 98.8 cm³/mol. The molecule has 1 saturated heterocycles. The highest BCUT2D eigenvalue weighted by atomic mass is 19.1. The van der Waals surface area contributed by atoms with E-state index < -0.39 is 11.6 Å². The Balaban J connectivity index is 1.57. The number of hydrogen-bond acceptors (Lipinski definition) is 3. The molecule has 1 aliphatic heterocycles. The molecule has 1 amide bonds. The van der Waals surface area contributed by atoms with Gasteiger partial charge in [0, 0.05) is 42.7 Å². The fourth-order valence-electron chi connectivity index (χ4n) is 4.03. The second-order valence-electron chi connectivity index (χ2n) is 7.50. The topological polar surface area (TPSA) is 59.2 Å². The Morgan fingerprint density at radius 1 is 1.11 bits per heavy atom. The van der Waals surface area contributed by atoms with E-state index in [0.717, 1.165) is 25.8 Å². The molecule has 1 aliphatic carbocycles. The number of benzene rings is 1. The molecule has 2 fully saturated rings. The molecule has 0 bridgehead atoms. The number of carbonyl (C=O) groups is 1. The maximum absolute atomic E-state index is 14.3. The minimum atomic E-state index is -0.616. The van der Waals surface area contributed by atoms with Crippen molar-refractivity contribution in [1.82, 2.24) is 9.88 Å². The predicted octanol–water partition coefficient (Wildman–Crippen LogP) is 3.47. The summed E-state index contributed by atoms with van der Waals surface area (Å²) in [7, 11) is 0. The summed E-state index contributed by atoms with van der Waals surface area (Å²) in [6, 6.07) is 7.33. The fraction of sp³-hybridized carbons (Fsp3) is 0.429. The summed E-state index contributed by atoms with van der Waals surface area (Å²) in [4.78, 5) is 19.2. The molecule has 27 heavy (non-hydrogen) atoms. The lowest BCUT2D eigenvalue weighted by molar-refractivity contribution is -0.132. The van der Waals surface area contributed by atoms with Gasteiger partial charge in [0.1, 0.15) is 11.6 Å². The Bertz CT molecular complexity index is 837. The molecule has 4 nitrogen and oxygen atoms in total. The van der Waals surface area contributed by atoms with Gasteiger partial charge in [-0.1, -0.05) is 12.1 Å². The molecule has 0 radical (unpaired) electrons. The van der Waals surface area contributed by atoms with E-state index in [2.05, 4.69) is 4.98 Å². The lowest BCUT2D eigenvalue weighted by Crippen LogP contribution is -2.34. The Kier molecular flexibility index (Phi) is 4.91. The molecular formula is C21H23F2N3O. The van der Waals surface area contributed by atoms with Crippen LogP contribution in [-0.2, 0) is 4.79 Å². The fourth-order valence-corrected chi connectivity index (χ4v) is 4.03. The molecule has 0 spiro atoms. The Morgan fingerprint density at radius 2 is 1.89 bits per heavy atom. The van der Waals surface area contributed by atoms with Crippen LogP contribution in [0, 0.1) is 17.6 Å². The number of likely N-dealkylation sites (tertiary alicyclic amines) is 1. The van der Waals surface area contributed by atoms with Gasteiger partial charge in [0.05, 0.1) is 11.3 Å². The zero-order valence-corrected chi connectivity index (χ0v) is 15.1. The standard InChI is InChI=1S/C21H23F2N3O/c22-17-6-1-7-18(23)19(17)14-5-2-9-25-20(14)15-12-16(15)21(27)26-10-3-4-13(24)8-11-26/h1-2,5-7,9,13,15-16H,3-4,8,10-12,24H2. The average molecular weight is 371 g/mol. The number of aromatic nitrogens is 1. The van der Waals surface area contributed by atoms with E-state index in [-0.39, 0.29) is 29.3 Å². The SMILES string of the molecule is NC1CCCN(C(=O)C2CC2c2ncccc2-c2c(F)cccc2F)CC1. The highest BCUT2D eigenvalue weighted by Gasteiger charge is 2.48. The molecule has 3 atom stereocenters. The van der Waals surface area contributed by atoms with Crippen LogP contribution in [0.4, 0.5) is 8.78 Å². The maximum atomic E-state index is 14.3. The van der Waals surface area contributed by atoms with Crippen molar-refractivity contribution in [1.29, 1.82) is 0 Å². The zero-order valence-electron chi connectivity index (χ0n) is 15.1.